The van der Waals surface area contributed by atoms with Crippen LogP contribution in [-0.2, 0) is 7.05 Å². The van der Waals surface area contributed by atoms with Crippen LogP contribution in [0.4, 0.5) is 5.69 Å². The number of para-hydroxylation sites is 1. The van der Waals surface area contributed by atoms with Crippen molar-refractivity contribution in [1.82, 2.24) is 14.8 Å². The molecule has 1 aromatic carbocycles. The van der Waals surface area contributed by atoms with E-state index in [0.717, 1.165) is 0 Å². The van der Waals surface area contributed by atoms with E-state index in [-0.39, 0.29) is 5.69 Å². The summed E-state index contributed by atoms with van der Waals surface area (Å²) < 4.78 is 7.02. The second-order valence-electron chi connectivity index (χ2n) is 4.17. The highest BCUT2D eigenvalue weighted by atomic mass is 32.2. The van der Waals surface area contributed by atoms with E-state index in [1.807, 2.05) is 0 Å². The fourth-order valence-corrected chi connectivity index (χ4v) is 2.71. The summed E-state index contributed by atoms with van der Waals surface area (Å²) in [6.45, 7) is 0. The van der Waals surface area contributed by atoms with Gasteiger partial charge in [0.15, 0.2) is 16.7 Å². The van der Waals surface area contributed by atoms with Crippen LogP contribution in [0.3, 0.4) is 0 Å². The number of furan rings is 1. The molecule has 0 atom stereocenters. The van der Waals surface area contributed by atoms with Gasteiger partial charge in [0.1, 0.15) is 0 Å². The molecular formula is C13H10N4O3S. The molecule has 0 saturated carbocycles. The standard InChI is InChI=1S/C13H10N4O3S/c1-16-12(10-6-4-8-20-10)14-15-13(16)21-11-7-3-2-5-9(11)17(18)19/h2-8H,1H3. The van der Waals surface area contributed by atoms with Crippen molar-refractivity contribution in [2.75, 3.05) is 0 Å². The van der Waals surface area contributed by atoms with Gasteiger partial charge in [-0.3, -0.25) is 10.1 Å². The molecule has 0 unspecified atom stereocenters. The number of hydrogen-bond donors (Lipinski definition) is 0. The summed E-state index contributed by atoms with van der Waals surface area (Å²) in [5.74, 6) is 1.17. The Hall–Kier alpha value is -2.61. The largest absolute Gasteiger partial charge is 0.461 e. The number of nitro groups is 1. The summed E-state index contributed by atoms with van der Waals surface area (Å²) in [5, 5.41) is 19.7. The Labute approximate surface area is 123 Å². The predicted octanol–water partition coefficient (Wildman–Crippen LogP) is 3.13. The summed E-state index contributed by atoms with van der Waals surface area (Å²) in [6, 6.07) is 10.1. The Kier molecular flexibility index (Phi) is 3.44. The van der Waals surface area contributed by atoms with Gasteiger partial charge in [-0.1, -0.05) is 12.1 Å². The molecule has 0 bridgehead atoms. The van der Waals surface area contributed by atoms with Gasteiger partial charge in [-0.25, -0.2) is 0 Å². The van der Waals surface area contributed by atoms with E-state index >= 15 is 0 Å². The predicted molar refractivity (Wildman–Crippen MR) is 75.9 cm³/mol. The van der Waals surface area contributed by atoms with Gasteiger partial charge in [0.2, 0.25) is 0 Å². The highest BCUT2D eigenvalue weighted by Crippen LogP contribution is 2.34. The van der Waals surface area contributed by atoms with Crippen LogP contribution in [0.1, 0.15) is 0 Å². The molecular weight excluding hydrogens is 292 g/mol. The van der Waals surface area contributed by atoms with Crippen molar-refractivity contribution >= 4 is 17.4 Å². The van der Waals surface area contributed by atoms with E-state index in [2.05, 4.69) is 10.2 Å². The highest BCUT2D eigenvalue weighted by Gasteiger charge is 2.18. The van der Waals surface area contributed by atoms with Crippen molar-refractivity contribution in [2.24, 2.45) is 7.05 Å². The smallest absolute Gasteiger partial charge is 0.283 e. The maximum Gasteiger partial charge on any atom is 0.283 e. The van der Waals surface area contributed by atoms with Gasteiger partial charge in [0, 0.05) is 13.1 Å². The van der Waals surface area contributed by atoms with Crippen LogP contribution in [0.25, 0.3) is 11.6 Å². The van der Waals surface area contributed by atoms with Crippen LogP contribution in [0, 0.1) is 10.1 Å². The fourth-order valence-electron chi connectivity index (χ4n) is 1.82. The summed E-state index contributed by atoms with van der Waals surface area (Å²) >= 11 is 1.19. The zero-order valence-electron chi connectivity index (χ0n) is 11.0. The van der Waals surface area contributed by atoms with Gasteiger partial charge < -0.3 is 8.98 Å². The number of rotatable bonds is 4. The first-order chi connectivity index (χ1) is 10.2. The first kappa shape index (κ1) is 13.4. The molecule has 0 N–H and O–H groups in total. The summed E-state index contributed by atoms with van der Waals surface area (Å²) in [4.78, 5) is 11.1. The molecule has 2 heterocycles. The Morgan fingerprint density at radius 2 is 2.05 bits per heavy atom. The molecule has 3 aromatic rings. The maximum absolute atomic E-state index is 11.0. The first-order valence-corrected chi connectivity index (χ1v) is 6.83. The van der Waals surface area contributed by atoms with Gasteiger partial charge in [-0.15, -0.1) is 10.2 Å². The van der Waals surface area contributed by atoms with Crippen LogP contribution < -0.4 is 0 Å². The van der Waals surface area contributed by atoms with Gasteiger partial charge in [0.05, 0.1) is 16.1 Å². The van der Waals surface area contributed by atoms with Crippen molar-refractivity contribution in [3.63, 3.8) is 0 Å². The van der Waals surface area contributed by atoms with Crippen LogP contribution in [0.2, 0.25) is 0 Å². The van der Waals surface area contributed by atoms with Crippen LogP contribution >= 0.6 is 11.8 Å². The molecule has 0 radical (unpaired) electrons. The fraction of sp³-hybridized carbons (Fsp3) is 0.0769. The summed E-state index contributed by atoms with van der Waals surface area (Å²) in [6.07, 6.45) is 1.55. The molecule has 0 aliphatic heterocycles. The average Bonchev–Trinajstić information content (AvgIpc) is 3.10. The SMILES string of the molecule is Cn1c(Sc2ccccc2[N+](=O)[O-])nnc1-c1ccco1. The molecule has 106 valence electrons. The monoisotopic (exact) mass is 302 g/mol. The van der Waals surface area contributed by atoms with Crippen LogP contribution in [0.5, 0.6) is 0 Å². The van der Waals surface area contributed by atoms with Gasteiger partial charge in [0.25, 0.3) is 5.69 Å². The number of nitrogens with zero attached hydrogens (tertiary/aromatic N) is 4. The topological polar surface area (TPSA) is 87.0 Å². The van der Waals surface area contributed by atoms with Crippen molar-refractivity contribution in [2.45, 2.75) is 10.1 Å². The average molecular weight is 302 g/mol. The number of hydrogen-bond acceptors (Lipinski definition) is 6. The summed E-state index contributed by atoms with van der Waals surface area (Å²) in [5.41, 5.74) is 0.0463. The molecule has 2 aromatic heterocycles. The van der Waals surface area contributed by atoms with Gasteiger partial charge >= 0.3 is 0 Å². The highest BCUT2D eigenvalue weighted by molar-refractivity contribution is 7.99. The number of nitro benzene ring substituents is 1. The van der Waals surface area contributed by atoms with Crippen LogP contribution in [0.15, 0.2) is 57.1 Å². The Morgan fingerprint density at radius 3 is 2.76 bits per heavy atom. The molecule has 3 rings (SSSR count). The molecule has 7 nitrogen and oxygen atoms in total. The lowest BCUT2D eigenvalue weighted by molar-refractivity contribution is -0.387. The lowest BCUT2D eigenvalue weighted by Gasteiger charge is -2.03. The zero-order chi connectivity index (χ0) is 14.8. The quantitative estimate of drug-likeness (QED) is 0.543. The molecule has 21 heavy (non-hydrogen) atoms. The third-order valence-corrected chi connectivity index (χ3v) is 3.94. The molecule has 0 aliphatic rings. The van der Waals surface area contributed by atoms with Gasteiger partial charge in [-0.2, -0.15) is 0 Å². The Morgan fingerprint density at radius 1 is 1.24 bits per heavy atom. The zero-order valence-corrected chi connectivity index (χ0v) is 11.8. The van der Waals surface area contributed by atoms with E-state index in [9.17, 15) is 10.1 Å². The maximum atomic E-state index is 11.0. The molecule has 8 heteroatoms. The van der Waals surface area contributed by atoms with Crippen LogP contribution in [-0.4, -0.2) is 19.7 Å². The number of aromatic nitrogens is 3. The minimum absolute atomic E-state index is 0.0463. The minimum atomic E-state index is -0.411. The van der Waals surface area contributed by atoms with E-state index in [0.29, 0.717) is 21.6 Å². The van der Waals surface area contributed by atoms with Crippen molar-refractivity contribution in [3.8, 4) is 11.6 Å². The molecule has 0 saturated heterocycles. The van der Waals surface area contributed by atoms with E-state index in [1.54, 1.807) is 48.2 Å². The second-order valence-corrected chi connectivity index (χ2v) is 5.18. The molecule has 0 fully saturated rings. The van der Waals surface area contributed by atoms with Crippen molar-refractivity contribution in [1.29, 1.82) is 0 Å². The summed E-state index contributed by atoms with van der Waals surface area (Å²) in [7, 11) is 1.79. The third-order valence-electron chi connectivity index (χ3n) is 2.84. The van der Waals surface area contributed by atoms with E-state index < -0.39 is 4.92 Å². The van der Waals surface area contributed by atoms with Gasteiger partial charge in [-0.05, 0) is 30.0 Å². The lowest BCUT2D eigenvalue weighted by atomic mass is 10.3. The lowest BCUT2D eigenvalue weighted by Crippen LogP contribution is -1.95. The number of benzene rings is 1. The molecule has 0 aliphatic carbocycles. The Bertz CT molecular complexity index is 783. The molecule has 0 spiro atoms. The first-order valence-electron chi connectivity index (χ1n) is 6.01. The second kappa shape index (κ2) is 5.41. The van der Waals surface area contributed by atoms with Crippen molar-refractivity contribution < 1.29 is 9.34 Å². The van der Waals surface area contributed by atoms with Crippen molar-refractivity contribution in [3.05, 3.63) is 52.8 Å². The normalized spacial score (nSPS) is 10.7. The minimum Gasteiger partial charge on any atom is -0.461 e. The Balaban J connectivity index is 1.95. The van der Waals surface area contributed by atoms with E-state index in [4.69, 9.17) is 4.42 Å². The van der Waals surface area contributed by atoms with E-state index in [1.165, 1.54) is 17.8 Å². The third kappa shape index (κ3) is 2.52. The molecule has 0 amide bonds.